The first-order chi connectivity index (χ1) is 11.7. The molecule has 1 amide bonds. The fourth-order valence-electron chi connectivity index (χ4n) is 3.68. The number of amides is 1. The zero-order chi connectivity index (χ0) is 16.5. The van der Waals surface area contributed by atoms with Crippen LogP contribution in [0, 0.1) is 6.92 Å². The molecule has 4 heterocycles. The fourth-order valence-corrected chi connectivity index (χ4v) is 4.31. The minimum atomic E-state index is 0.129. The Morgan fingerprint density at radius 3 is 3.17 bits per heavy atom. The number of rotatable bonds is 3. The molecule has 0 unspecified atom stereocenters. The molecule has 7 heteroatoms. The number of nitrogens with zero attached hydrogens (tertiary/aromatic N) is 3. The summed E-state index contributed by atoms with van der Waals surface area (Å²) in [6.07, 6.45) is 3.01. The van der Waals surface area contributed by atoms with Gasteiger partial charge in [0.1, 0.15) is 5.82 Å². The first-order valence-corrected chi connectivity index (χ1v) is 9.32. The number of hydrogen-bond acceptors (Lipinski definition) is 5. The quantitative estimate of drug-likeness (QED) is 0.922. The maximum atomic E-state index is 12.8. The Bertz CT molecular complexity index is 699. The largest absolute Gasteiger partial charge is 0.374 e. The Morgan fingerprint density at radius 1 is 1.50 bits per heavy atom. The van der Waals surface area contributed by atoms with E-state index in [1.807, 2.05) is 34.8 Å². The van der Waals surface area contributed by atoms with Gasteiger partial charge in [0.15, 0.2) is 0 Å². The standard InChI is InChI=1S/C17H22N4O2S/c1-12-18-8-14(19-12)9-20-4-2-16-15(10-20)21(5-6-23-16)17(22)13-3-7-24-11-13/h3,7-8,11,15-16H,2,4-6,9-10H2,1H3,(H,18,19)/t15-,16-/m0/s1. The van der Waals surface area contributed by atoms with E-state index in [9.17, 15) is 4.79 Å². The molecule has 2 atom stereocenters. The van der Waals surface area contributed by atoms with Crippen LogP contribution in [-0.2, 0) is 11.3 Å². The molecule has 0 aliphatic carbocycles. The zero-order valence-electron chi connectivity index (χ0n) is 13.8. The van der Waals surface area contributed by atoms with Gasteiger partial charge in [0.25, 0.3) is 5.91 Å². The summed E-state index contributed by atoms with van der Waals surface area (Å²) in [4.78, 5) is 24.8. The van der Waals surface area contributed by atoms with Crippen molar-refractivity contribution in [3.8, 4) is 0 Å². The predicted octanol–water partition coefficient (Wildman–Crippen LogP) is 1.90. The number of aromatic amines is 1. The van der Waals surface area contributed by atoms with Gasteiger partial charge in [-0.2, -0.15) is 11.3 Å². The van der Waals surface area contributed by atoms with E-state index in [-0.39, 0.29) is 18.1 Å². The number of carbonyl (C=O) groups is 1. The number of piperidine rings is 1. The summed E-state index contributed by atoms with van der Waals surface area (Å²) >= 11 is 1.57. The molecule has 0 spiro atoms. The third-order valence-corrected chi connectivity index (χ3v) is 5.53. The van der Waals surface area contributed by atoms with Crippen LogP contribution >= 0.6 is 11.3 Å². The second kappa shape index (κ2) is 6.66. The highest BCUT2D eigenvalue weighted by atomic mass is 32.1. The van der Waals surface area contributed by atoms with Crippen molar-refractivity contribution in [2.75, 3.05) is 26.2 Å². The van der Waals surface area contributed by atoms with E-state index >= 15 is 0 Å². The molecule has 2 fully saturated rings. The first kappa shape index (κ1) is 15.8. The highest BCUT2D eigenvalue weighted by Crippen LogP contribution is 2.26. The molecule has 4 rings (SSSR count). The minimum absolute atomic E-state index is 0.129. The number of nitrogens with one attached hydrogen (secondary N) is 1. The summed E-state index contributed by atoms with van der Waals surface area (Å²) in [7, 11) is 0. The number of thiophene rings is 1. The Hall–Kier alpha value is -1.70. The average Bonchev–Trinajstić information content (AvgIpc) is 3.25. The molecule has 2 aliphatic rings. The van der Waals surface area contributed by atoms with Crippen LogP contribution < -0.4 is 0 Å². The molecule has 2 aromatic heterocycles. The number of fused-ring (bicyclic) bond motifs is 1. The highest BCUT2D eigenvalue weighted by molar-refractivity contribution is 7.08. The Morgan fingerprint density at radius 2 is 2.42 bits per heavy atom. The lowest BCUT2D eigenvalue weighted by Crippen LogP contribution is -2.61. The first-order valence-electron chi connectivity index (χ1n) is 8.38. The van der Waals surface area contributed by atoms with E-state index in [0.29, 0.717) is 13.2 Å². The molecule has 24 heavy (non-hydrogen) atoms. The second-order valence-electron chi connectivity index (χ2n) is 6.50. The van der Waals surface area contributed by atoms with Gasteiger partial charge < -0.3 is 14.6 Å². The normalized spacial score (nSPS) is 24.8. The number of likely N-dealkylation sites (tertiary alicyclic amines) is 1. The molecule has 0 aromatic carbocycles. The lowest BCUT2D eigenvalue weighted by molar-refractivity contribution is -0.0915. The van der Waals surface area contributed by atoms with Crippen molar-refractivity contribution in [2.24, 2.45) is 0 Å². The topological polar surface area (TPSA) is 61.5 Å². The Labute approximate surface area is 145 Å². The van der Waals surface area contributed by atoms with Crippen LogP contribution in [-0.4, -0.2) is 64.1 Å². The van der Waals surface area contributed by atoms with E-state index in [1.165, 1.54) is 0 Å². The molecule has 2 aromatic rings. The van der Waals surface area contributed by atoms with E-state index in [4.69, 9.17) is 4.74 Å². The number of H-pyrrole nitrogens is 1. The van der Waals surface area contributed by atoms with Crippen LogP contribution in [0.1, 0.15) is 28.3 Å². The fraction of sp³-hybridized carbons (Fsp3) is 0.529. The number of hydrogen-bond donors (Lipinski definition) is 1. The van der Waals surface area contributed by atoms with Crippen molar-refractivity contribution in [3.05, 3.63) is 40.1 Å². The molecule has 0 bridgehead atoms. The summed E-state index contributed by atoms with van der Waals surface area (Å²) < 4.78 is 5.94. The maximum Gasteiger partial charge on any atom is 0.255 e. The number of aryl methyl sites for hydroxylation is 1. The lowest BCUT2D eigenvalue weighted by atomic mass is 9.98. The average molecular weight is 346 g/mol. The van der Waals surface area contributed by atoms with Gasteiger partial charge in [-0.05, 0) is 24.8 Å². The van der Waals surface area contributed by atoms with Gasteiger partial charge in [-0.15, -0.1) is 0 Å². The summed E-state index contributed by atoms with van der Waals surface area (Å²) in [5, 5.41) is 3.89. The van der Waals surface area contributed by atoms with Crippen LogP contribution in [0.25, 0.3) is 0 Å². The summed E-state index contributed by atoms with van der Waals surface area (Å²) in [6.45, 7) is 5.94. The maximum absolute atomic E-state index is 12.8. The number of ether oxygens (including phenoxy) is 1. The highest BCUT2D eigenvalue weighted by Gasteiger charge is 2.39. The molecular formula is C17H22N4O2S. The third kappa shape index (κ3) is 3.11. The molecule has 128 valence electrons. The molecule has 0 saturated carbocycles. The summed E-state index contributed by atoms with van der Waals surface area (Å²) in [6, 6.07) is 2.04. The number of aromatic nitrogens is 2. The number of morpholine rings is 1. The van der Waals surface area contributed by atoms with Gasteiger partial charge in [0, 0.05) is 43.4 Å². The monoisotopic (exact) mass is 346 g/mol. The van der Waals surface area contributed by atoms with Crippen molar-refractivity contribution in [2.45, 2.75) is 32.0 Å². The molecule has 2 saturated heterocycles. The Balaban J connectivity index is 1.48. The van der Waals surface area contributed by atoms with Crippen LogP contribution in [0.2, 0.25) is 0 Å². The van der Waals surface area contributed by atoms with E-state index in [0.717, 1.165) is 43.1 Å². The van der Waals surface area contributed by atoms with Crippen molar-refractivity contribution in [1.82, 2.24) is 19.8 Å². The molecular weight excluding hydrogens is 324 g/mol. The summed E-state index contributed by atoms with van der Waals surface area (Å²) in [5.74, 6) is 1.07. The summed E-state index contributed by atoms with van der Waals surface area (Å²) in [5.41, 5.74) is 1.92. The molecule has 1 N–H and O–H groups in total. The predicted molar refractivity (Wildman–Crippen MR) is 92.1 cm³/mol. The van der Waals surface area contributed by atoms with Gasteiger partial charge in [-0.1, -0.05) is 0 Å². The van der Waals surface area contributed by atoms with Gasteiger partial charge in [0.2, 0.25) is 0 Å². The molecule has 2 aliphatic heterocycles. The van der Waals surface area contributed by atoms with Gasteiger partial charge in [-0.3, -0.25) is 9.69 Å². The molecule has 0 radical (unpaired) electrons. The van der Waals surface area contributed by atoms with Crippen molar-refractivity contribution < 1.29 is 9.53 Å². The van der Waals surface area contributed by atoms with Gasteiger partial charge >= 0.3 is 0 Å². The van der Waals surface area contributed by atoms with Crippen molar-refractivity contribution in [3.63, 3.8) is 0 Å². The minimum Gasteiger partial charge on any atom is -0.374 e. The number of carbonyl (C=O) groups excluding carboxylic acids is 1. The van der Waals surface area contributed by atoms with Crippen LogP contribution in [0.4, 0.5) is 0 Å². The van der Waals surface area contributed by atoms with Crippen LogP contribution in [0.3, 0.4) is 0 Å². The van der Waals surface area contributed by atoms with Crippen LogP contribution in [0.5, 0.6) is 0 Å². The second-order valence-corrected chi connectivity index (χ2v) is 7.28. The SMILES string of the molecule is Cc1ncc(CN2CC[C@@H]3OCCN(C(=O)c4ccsc4)[C@H]3C2)[nH]1. The van der Waals surface area contributed by atoms with Crippen LogP contribution in [0.15, 0.2) is 23.0 Å². The van der Waals surface area contributed by atoms with E-state index in [1.54, 1.807) is 11.3 Å². The lowest BCUT2D eigenvalue weighted by Gasteiger charge is -2.47. The smallest absolute Gasteiger partial charge is 0.255 e. The Kier molecular flexibility index (Phi) is 4.39. The van der Waals surface area contributed by atoms with Gasteiger partial charge in [0.05, 0.1) is 24.3 Å². The van der Waals surface area contributed by atoms with Crippen molar-refractivity contribution in [1.29, 1.82) is 0 Å². The zero-order valence-corrected chi connectivity index (χ0v) is 14.6. The van der Waals surface area contributed by atoms with E-state index in [2.05, 4.69) is 14.9 Å². The number of imidazole rings is 1. The third-order valence-electron chi connectivity index (χ3n) is 4.85. The van der Waals surface area contributed by atoms with Crippen molar-refractivity contribution >= 4 is 17.2 Å². The van der Waals surface area contributed by atoms with Gasteiger partial charge in [-0.25, -0.2) is 4.98 Å². The molecule has 6 nitrogen and oxygen atoms in total. The van der Waals surface area contributed by atoms with E-state index < -0.39 is 0 Å².